The molecule has 1 aromatic carbocycles. The number of hydrogen-bond donors (Lipinski definition) is 1. The van der Waals surface area contributed by atoms with E-state index in [1.807, 2.05) is 11.8 Å². The lowest BCUT2D eigenvalue weighted by molar-refractivity contribution is 0.627. The Morgan fingerprint density at radius 3 is 2.76 bits per heavy atom. The Morgan fingerprint density at radius 2 is 2.00 bits per heavy atom. The Labute approximate surface area is 128 Å². The van der Waals surface area contributed by atoms with Gasteiger partial charge in [0.25, 0.3) is 0 Å². The van der Waals surface area contributed by atoms with Crippen LogP contribution in [0, 0.1) is 5.82 Å². The normalized spacial score (nSPS) is 13.2. The number of thioether (sulfide) groups is 1. The third-order valence-electron chi connectivity index (χ3n) is 3.44. The van der Waals surface area contributed by atoms with Gasteiger partial charge in [0.1, 0.15) is 17.5 Å². The van der Waals surface area contributed by atoms with Crippen LogP contribution in [0.1, 0.15) is 36.0 Å². The molecule has 0 bridgehead atoms. The molecule has 110 valence electrons. The molecule has 21 heavy (non-hydrogen) atoms. The molecule has 0 radical (unpaired) electrons. The van der Waals surface area contributed by atoms with Gasteiger partial charge < -0.3 is 5.32 Å². The Kier molecular flexibility index (Phi) is 4.39. The average Bonchev–Trinajstić information content (AvgIpc) is 2.95. The van der Waals surface area contributed by atoms with E-state index < -0.39 is 0 Å². The zero-order valence-corrected chi connectivity index (χ0v) is 12.8. The Morgan fingerprint density at radius 1 is 1.19 bits per heavy atom. The number of benzene rings is 1. The maximum atomic E-state index is 13.0. The summed E-state index contributed by atoms with van der Waals surface area (Å²) in [7, 11) is 0. The van der Waals surface area contributed by atoms with E-state index in [1.54, 1.807) is 12.1 Å². The lowest BCUT2D eigenvalue weighted by Gasteiger charge is -2.11. The second kappa shape index (κ2) is 6.43. The Bertz CT molecular complexity index is 628. The number of nitrogens with zero attached hydrogens (tertiary/aromatic N) is 2. The van der Waals surface area contributed by atoms with E-state index in [1.165, 1.54) is 17.7 Å². The van der Waals surface area contributed by atoms with Gasteiger partial charge in [-0.2, -0.15) is 11.8 Å². The summed E-state index contributed by atoms with van der Waals surface area (Å²) in [5, 5.41) is 3.41. The van der Waals surface area contributed by atoms with Gasteiger partial charge in [-0.3, -0.25) is 0 Å². The first-order valence-electron chi connectivity index (χ1n) is 7.21. The van der Waals surface area contributed by atoms with Gasteiger partial charge in [-0.1, -0.05) is 19.1 Å². The van der Waals surface area contributed by atoms with Gasteiger partial charge in [-0.25, -0.2) is 14.4 Å². The highest BCUT2D eigenvalue weighted by molar-refractivity contribution is 7.98. The van der Waals surface area contributed by atoms with Gasteiger partial charge in [-0.15, -0.1) is 0 Å². The highest BCUT2D eigenvalue weighted by Crippen LogP contribution is 2.33. The zero-order chi connectivity index (χ0) is 14.7. The van der Waals surface area contributed by atoms with E-state index in [4.69, 9.17) is 0 Å². The van der Waals surface area contributed by atoms with Gasteiger partial charge in [-0.05, 0) is 24.1 Å². The quantitative estimate of drug-likeness (QED) is 0.912. The second-order valence-electron chi connectivity index (χ2n) is 5.14. The number of rotatable bonds is 5. The molecule has 0 fully saturated rings. The van der Waals surface area contributed by atoms with Crippen molar-refractivity contribution in [2.45, 2.75) is 31.3 Å². The standard InChI is InChI=1S/C16H18FN3S/c1-2-7-18-16-13-9-21-10-14(13)19-15(20-16)8-11-3-5-12(17)6-4-11/h3-6H,2,7-10H2,1H3,(H,18,19,20). The first-order chi connectivity index (χ1) is 10.3. The SMILES string of the molecule is CCCNc1nc(Cc2ccc(F)cc2)nc2c1CSC2. The highest BCUT2D eigenvalue weighted by atomic mass is 32.2. The molecule has 0 spiro atoms. The fourth-order valence-corrected chi connectivity index (χ4v) is 3.40. The number of nitrogens with one attached hydrogen (secondary N) is 1. The van der Waals surface area contributed by atoms with Crippen LogP contribution in [0.5, 0.6) is 0 Å². The average molecular weight is 303 g/mol. The second-order valence-corrected chi connectivity index (χ2v) is 6.12. The van der Waals surface area contributed by atoms with Crippen molar-refractivity contribution in [3.63, 3.8) is 0 Å². The Balaban J connectivity index is 1.86. The molecule has 3 rings (SSSR count). The molecule has 1 N–H and O–H groups in total. The number of fused-ring (bicyclic) bond motifs is 1. The van der Waals surface area contributed by atoms with Crippen molar-refractivity contribution in [3.8, 4) is 0 Å². The summed E-state index contributed by atoms with van der Waals surface area (Å²) in [6, 6.07) is 6.54. The fraction of sp³-hybridized carbons (Fsp3) is 0.375. The van der Waals surface area contributed by atoms with Crippen molar-refractivity contribution < 1.29 is 4.39 Å². The summed E-state index contributed by atoms with van der Waals surface area (Å²) < 4.78 is 13.0. The van der Waals surface area contributed by atoms with Gasteiger partial charge in [0.2, 0.25) is 0 Å². The molecule has 5 heteroatoms. The van der Waals surface area contributed by atoms with Crippen LogP contribution in [0.25, 0.3) is 0 Å². The van der Waals surface area contributed by atoms with Crippen LogP contribution < -0.4 is 5.32 Å². The molecule has 1 aromatic heterocycles. The molecule has 0 saturated heterocycles. The molecule has 0 unspecified atom stereocenters. The third kappa shape index (κ3) is 3.35. The van der Waals surface area contributed by atoms with E-state index in [9.17, 15) is 4.39 Å². The minimum absolute atomic E-state index is 0.213. The number of hydrogen-bond acceptors (Lipinski definition) is 4. The number of halogens is 1. The van der Waals surface area contributed by atoms with Crippen LogP contribution in [-0.4, -0.2) is 16.5 Å². The lowest BCUT2D eigenvalue weighted by Crippen LogP contribution is -2.10. The van der Waals surface area contributed by atoms with Gasteiger partial charge in [0, 0.05) is 30.0 Å². The van der Waals surface area contributed by atoms with Crippen molar-refractivity contribution in [2.24, 2.45) is 0 Å². The van der Waals surface area contributed by atoms with E-state index in [0.29, 0.717) is 6.42 Å². The van der Waals surface area contributed by atoms with Crippen molar-refractivity contribution in [1.82, 2.24) is 9.97 Å². The third-order valence-corrected chi connectivity index (χ3v) is 4.41. The van der Waals surface area contributed by atoms with Crippen molar-refractivity contribution in [2.75, 3.05) is 11.9 Å². The summed E-state index contributed by atoms with van der Waals surface area (Å²) in [5.41, 5.74) is 3.42. The van der Waals surface area contributed by atoms with Crippen molar-refractivity contribution in [3.05, 3.63) is 52.7 Å². The zero-order valence-electron chi connectivity index (χ0n) is 12.0. The topological polar surface area (TPSA) is 37.8 Å². The van der Waals surface area contributed by atoms with Crippen LogP contribution in [0.15, 0.2) is 24.3 Å². The summed E-state index contributed by atoms with van der Waals surface area (Å²) in [6.07, 6.45) is 1.71. The summed E-state index contributed by atoms with van der Waals surface area (Å²) in [4.78, 5) is 9.34. The van der Waals surface area contributed by atoms with E-state index in [0.717, 1.165) is 47.4 Å². The summed E-state index contributed by atoms with van der Waals surface area (Å²) >= 11 is 1.88. The maximum absolute atomic E-state index is 13.0. The molecular formula is C16H18FN3S. The first-order valence-corrected chi connectivity index (χ1v) is 8.36. The first kappa shape index (κ1) is 14.3. The molecular weight excluding hydrogens is 285 g/mol. The summed E-state index contributed by atoms with van der Waals surface area (Å²) in [6.45, 7) is 3.06. The molecule has 0 atom stereocenters. The van der Waals surface area contributed by atoms with Crippen molar-refractivity contribution in [1.29, 1.82) is 0 Å². The minimum atomic E-state index is -0.213. The smallest absolute Gasteiger partial charge is 0.135 e. The fourth-order valence-electron chi connectivity index (χ4n) is 2.36. The van der Waals surface area contributed by atoms with E-state index in [2.05, 4.69) is 22.2 Å². The molecule has 0 aliphatic carbocycles. The van der Waals surface area contributed by atoms with Gasteiger partial charge in [0.05, 0.1) is 5.69 Å². The van der Waals surface area contributed by atoms with Crippen LogP contribution in [0.2, 0.25) is 0 Å². The molecule has 0 amide bonds. The van der Waals surface area contributed by atoms with E-state index in [-0.39, 0.29) is 5.82 Å². The molecule has 0 saturated carbocycles. The Hall–Kier alpha value is -1.62. The minimum Gasteiger partial charge on any atom is -0.370 e. The van der Waals surface area contributed by atoms with Gasteiger partial charge in [0.15, 0.2) is 0 Å². The molecule has 1 aliphatic rings. The maximum Gasteiger partial charge on any atom is 0.135 e. The monoisotopic (exact) mass is 303 g/mol. The van der Waals surface area contributed by atoms with Crippen LogP contribution >= 0.6 is 11.8 Å². The molecule has 2 heterocycles. The van der Waals surface area contributed by atoms with Crippen LogP contribution in [0.4, 0.5) is 10.2 Å². The predicted molar refractivity (Wildman–Crippen MR) is 85.0 cm³/mol. The summed E-state index contributed by atoms with van der Waals surface area (Å²) in [5.74, 6) is 3.51. The van der Waals surface area contributed by atoms with Crippen molar-refractivity contribution >= 4 is 17.6 Å². The largest absolute Gasteiger partial charge is 0.370 e. The molecule has 3 nitrogen and oxygen atoms in total. The van der Waals surface area contributed by atoms with Gasteiger partial charge >= 0.3 is 0 Å². The number of aromatic nitrogens is 2. The van der Waals surface area contributed by atoms with Crippen LogP contribution in [-0.2, 0) is 17.9 Å². The molecule has 2 aromatic rings. The predicted octanol–water partition coefficient (Wildman–Crippen LogP) is 3.78. The number of anilines is 1. The van der Waals surface area contributed by atoms with E-state index >= 15 is 0 Å². The highest BCUT2D eigenvalue weighted by Gasteiger charge is 2.19. The lowest BCUT2D eigenvalue weighted by atomic mass is 10.1. The van der Waals surface area contributed by atoms with Crippen LogP contribution in [0.3, 0.4) is 0 Å². The molecule has 1 aliphatic heterocycles.